The molecule has 11 nitrogen and oxygen atoms in total. The minimum Gasteiger partial charge on any atom is -0.490 e. The minimum atomic E-state index is -3.54. The standard InChI is InChI=1S/C37H48ClN5O6S/c1-23-6-4-8-32(44)28-12-9-26(28)18-43-21-37(15-5-7-24-16-27(38)11-13-30(24)37)22-49-33-14-10-25(17-31(33)43)34(45)40-50(47,20-23)41-35(46)29-19-42(2)39-36(29)48-3/h10-11,13-14,16-17,23,26,28-29,32,44H,4-9,12,15,18-22H2,1-3H3,(H,40,41,45,46,47)/t23-,26-,28+,29?,32-,37-,50?/m0/s1. The third-order valence-corrected chi connectivity index (χ3v) is 13.7. The number of rotatable bonds is 2. The van der Waals surface area contributed by atoms with Gasteiger partial charge in [-0.2, -0.15) is 0 Å². The van der Waals surface area contributed by atoms with Gasteiger partial charge < -0.3 is 19.5 Å². The summed E-state index contributed by atoms with van der Waals surface area (Å²) in [6.07, 6.45) is 6.56. The third kappa shape index (κ3) is 6.95. The average Bonchev–Trinajstić information content (AvgIpc) is 3.37. The number of aliphatic hydroxyl groups is 1. The van der Waals surface area contributed by atoms with Gasteiger partial charge in [0.1, 0.15) is 21.6 Å². The first kappa shape index (κ1) is 35.1. The lowest BCUT2D eigenvalue weighted by atomic mass is 9.68. The summed E-state index contributed by atoms with van der Waals surface area (Å²) < 4.78 is 33.4. The van der Waals surface area contributed by atoms with Crippen LogP contribution in [0.25, 0.3) is 0 Å². The number of amides is 2. The van der Waals surface area contributed by atoms with E-state index in [1.807, 2.05) is 19.1 Å². The van der Waals surface area contributed by atoms with Crippen molar-refractivity contribution in [1.29, 1.82) is 0 Å². The van der Waals surface area contributed by atoms with E-state index < -0.39 is 33.8 Å². The SMILES string of the molecule is COC1=NN(C)CC1C(=O)NS1(=O)=NC(=O)c2ccc3c(c2)N(C[C@@H]2CC[C@H]2[C@@H](O)CCC[C@H](C)C1)C[C@@]1(CCCc2cc(Cl)ccc21)CO3. The Kier molecular flexibility index (Phi) is 9.81. The third-order valence-electron chi connectivity index (χ3n) is 11.4. The Morgan fingerprint density at radius 1 is 1.14 bits per heavy atom. The fourth-order valence-corrected chi connectivity index (χ4v) is 10.9. The Morgan fingerprint density at radius 2 is 1.98 bits per heavy atom. The molecule has 270 valence electrons. The van der Waals surface area contributed by atoms with E-state index in [2.05, 4.69) is 31.2 Å². The summed E-state index contributed by atoms with van der Waals surface area (Å²) in [5, 5.41) is 18.0. The highest BCUT2D eigenvalue weighted by Gasteiger charge is 2.44. The number of hydrazone groups is 1. The first-order valence-corrected chi connectivity index (χ1v) is 20.0. The van der Waals surface area contributed by atoms with Crippen LogP contribution in [0.2, 0.25) is 5.02 Å². The van der Waals surface area contributed by atoms with Gasteiger partial charge in [-0.05, 0) is 104 Å². The first-order chi connectivity index (χ1) is 24.0. The van der Waals surface area contributed by atoms with Crippen molar-refractivity contribution in [1.82, 2.24) is 9.73 Å². The number of halogens is 1. The highest BCUT2D eigenvalue weighted by molar-refractivity contribution is 7.92. The zero-order valence-corrected chi connectivity index (χ0v) is 30.7. The number of ether oxygens (including phenoxy) is 2. The number of fused-ring (bicyclic) bond motifs is 4. The number of carbonyl (C=O) groups excluding carboxylic acids is 2. The quantitative estimate of drug-likeness (QED) is 0.433. The Bertz CT molecular complexity index is 1810. The van der Waals surface area contributed by atoms with Crippen LogP contribution in [0.5, 0.6) is 5.75 Å². The van der Waals surface area contributed by atoms with Gasteiger partial charge >= 0.3 is 0 Å². The molecular formula is C37H48ClN5O6S. The van der Waals surface area contributed by atoms with Gasteiger partial charge in [-0.25, -0.2) is 4.21 Å². The first-order valence-electron chi connectivity index (χ1n) is 17.9. The van der Waals surface area contributed by atoms with E-state index in [1.54, 1.807) is 24.2 Å². The van der Waals surface area contributed by atoms with E-state index in [1.165, 1.54) is 18.2 Å². The lowest BCUT2D eigenvalue weighted by molar-refractivity contribution is -0.121. The summed E-state index contributed by atoms with van der Waals surface area (Å²) in [4.78, 5) is 29.8. The number of nitrogens with one attached hydrogen (secondary N) is 1. The summed E-state index contributed by atoms with van der Waals surface area (Å²) in [6, 6.07) is 11.5. The number of aryl methyl sites for hydroxylation is 1. The van der Waals surface area contributed by atoms with Gasteiger partial charge in [-0.3, -0.25) is 19.3 Å². The Morgan fingerprint density at radius 3 is 2.76 bits per heavy atom. The Balaban J connectivity index is 1.27. The summed E-state index contributed by atoms with van der Waals surface area (Å²) >= 11 is 6.44. The summed E-state index contributed by atoms with van der Waals surface area (Å²) in [6.45, 7) is 4.10. The predicted octanol–water partition coefficient (Wildman–Crippen LogP) is 5.18. The van der Waals surface area contributed by atoms with Crippen molar-refractivity contribution < 1.29 is 28.4 Å². The molecule has 1 saturated carbocycles. The molecule has 0 aromatic heterocycles. The smallest absolute Gasteiger partial charge is 0.286 e. The van der Waals surface area contributed by atoms with Crippen LogP contribution in [0, 0.1) is 23.7 Å². The molecule has 0 radical (unpaired) electrons. The number of hydrogen-bond donors (Lipinski definition) is 2. The zero-order chi connectivity index (χ0) is 35.2. The normalized spacial score (nSPS) is 32.8. The van der Waals surface area contributed by atoms with Crippen LogP contribution in [0.1, 0.15) is 73.4 Å². The van der Waals surface area contributed by atoms with Crippen molar-refractivity contribution in [3.05, 3.63) is 58.1 Å². The highest BCUT2D eigenvalue weighted by atomic mass is 35.5. The van der Waals surface area contributed by atoms with Crippen molar-refractivity contribution in [3.8, 4) is 5.75 Å². The lowest BCUT2D eigenvalue weighted by Crippen LogP contribution is -2.49. The Labute approximate surface area is 300 Å². The average molecular weight is 726 g/mol. The van der Waals surface area contributed by atoms with Gasteiger partial charge in [-0.1, -0.05) is 31.0 Å². The molecule has 2 aromatic rings. The maximum absolute atomic E-state index is 14.5. The number of nitrogens with zero attached hydrogens (tertiary/aromatic N) is 4. The number of methoxy groups -OCH3 is 1. The molecule has 5 aliphatic rings. The maximum atomic E-state index is 14.5. The van der Waals surface area contributed by atoms with Crippen molar-refractivity contribution in [2.45, 2.75) is 69.8 Å². The van der Waals surface area contributed by atoms with Crippen LogP contribution < -0.4 is 14.4 Å². The van der Waals surface area contributed by atoms with Gasteiger partial charge in [0.2, 0.25) is 11.8 Å². The van der Waals surface area contributed by atoms with E-state index in [-0.39, 0.29) is 41.0 Å². The second kappa shape index (κ2) is 14.0. The molecule has 0 saturated heterocycles. The van der Waals surface area contributed by atoms with Gasteiger partial charge in [0.05, 0.1) is 37.8 Å². The molecule has 2 unspecified atom stereocenters. The molecule has 3 heterocycles. The van der Waals surface area contributed by atoms with E-state index in [9.17, 15) is 18.9 Å². The molecule has 2 amide bonds. The van der Waals surface area contributed by atoms with Crippen molar-refractivity contribution in [3.63, 3.8) is 0 Å². The highest BCUT2D eigenvalue weighted by Crippen LogP contribution is 2.47. The molecule has 7 rings (SSSR count). The number of benzene rings is 2. The van der Waals surface area contributed by atoms with Crippen LogP contribution in [-0.2, 0) is 31.3 Å². The topological polar surface area (TPSA) is 133 Å². The monoisotopic (exact) mass is 725 g/mol. The molecule has 3 aliphatic heterocycles. The van der Waals surface area contributed by atoms with Crippen LogP contribution in [0.3, 0.4) is 0 Å². The van der Waals surface area contributed by atoms with E-state index in [4.69, 9.17) is 21.1 Å². The van der Waals surface area contributed by atoms with Gasteiger partial charge in [0, 0.05) is 36.1 Å². The second-order valence-corrected chi connectivity index (χ2v) is 17.5. The number of hydrogen-bond acceptors (Lipinski definition) is 9. The Hall–Kier alpha value is -3.35. The van der Waals surface area contributed by atoms with E-state index in [0.717, 1.165) is 55.8 Å². The summed E-state index contributed by atoms with van der Waals surface area (Å²) in [7, 11) is -0.377. The number of carbonyl (C=O) groups is 2. The largest absolute Gasteiger partial charge is 0.490 e. The van der Waals surface area contributed by atoms with Crippen molar-refractivity contribution in [2.24, 2.45) is 33.1 Å². The van der Waals surface area contributed by atoms with Crippen LogP contribution >= 0.6 is 11.6 Å². The zero-order valence-electron chi connectivity index (χ0n) is 29.1. The van der Waals surface area contributed by atoms with Gasteiger partial charge in [-0.15, -0.1) is 9.46 Å². The van der Waals surface area contributed by atoms with Crippen molar-refractivity contribution in [2.75, 3.05) is 51.1 Å². The van der Waals surface area contributed by atoms with Gasteiger partial charge in [0.25, 0.3) is 5.91 Å². The maximum Gasteiger partial charge on any atom is 0.286 e. The van der Waals surface area contributed by atoms with Crippen LogP contribution in [0.4, 0.5) is 5.69 Å². The number of anilines is 1. The molecule has 1 spiro atoms. The van der Waals surface area contributed by atoms with Crippen LogP contribution in [-0.4, -0.2) is 84.3 Å². The molecule has 2 aromatic carbocycles. The molecule has 2 bridgehead atoms. The minimum absolute atomic E-state index is 0.000763. The molecular weight excluding hydrogens is 678 g/mol. The van der Waals surface area contributed by atoms with Gasteiger partial charge in [0.15, 0.2) is 0 Å². The lowest BCUT2D eigenvalue weighted by Gasteiger charge is -2.45. The van der Waals surface area contributed by atoms with Crippen molar-refractivity contribution >= 4 is 44.9 Å². The molecule has 50 heavy (non-hydrogen) atoms. The predicted molar refractivity (Wildman–Crippen MR) is 194 cm³/mol. The van der Waals surface area contributed by atoms with E-state index in [0.29, 0.717) is 37.7 Å². The molecule has 2 aliphatic carbocycles. The second-order valence-electron chi connectivity index (χ2n) is 15.1. The molecule has 2 N–H and O–H groups in total. The molecule has 13 heteroatoms. The molecule has 1 fully saturated rings. The summed E-state index contributed by atoms with van der Waals surface area (Å²) in [5.41, 5.74) is 3.28. The number of aliphatic hydroxyl groups excluding tert-OH is 1. The molecule has 7 atom stereocenters. The fraction of sp³-hybridized carbons (Fsp3) is 0.595. The van der Waals surface area contributed by atoms with E-state index >= 15 is 0 Å². The fourth-order valence-electron chi connectivity index (χ4n) is 8.73. The summed E-state index contributed by atoms with van der Waals surface area (Å²) in [5.74, 6) is -0.724. The van der Waals surface area contributed by atoms with Crippen LogP contribution in [0.15, 0.2) is 45.9 Å².